The monoisotopic (exact) mass is 262 g/mol. The van der Waals surface area contributed by atoms with Gasteiger partial charge in [0.25, 0.3) is 0 Å². The number of ether oxygens (including phenoxy) is 2. The maximum atomic E-state index is 12.1. The van der Waals surface area contributed by atoms with E-state index in [0.717, 1.165) is 22.9 Å². The highest BCUT2D eigenvalue weighted by Crippen LogP contribution is 2.41. The van der Waals surface area contributed by atoms with Crippen LogP contribution in [0.4, 0.5) is 11.4 Å². The number of fused-ring (bicyclic) bond motifs is 2. The first kappa shape index (κ1) is 12.1. The molecule has 0 fully saturated rings. The molecule has 1 aromatic carbocycles. The first-order valence-corrected chi connectivity index (χ1v) is 6.63. The first-order valence-electron chi connectivity index (χ1n) is 6.63. The van der Waals surface area contributed by atoms with Gasteiger partial charge in [0.15, 0.2) is 11.5 Å². The van der Waals surface area contributed by atoms with E-state index in [-0.39, 0.29) is 5.91 Å². The third kappa shape index (κ3) is 2.20. The van der Waals surface area contributed by atoms with Crippen molar-refractivity contribution >= 4 is 17.3 Å². The van der Waals surface area contributed by atoms with Crippen LogP contribution in [0, 0.1) is 5.92 Å². The van der Waals surface area contributed by atoms with Crippen LogP contribution in [0.25, 0.3) is 0 Å². The van der Waals surface area contributed by atoms with Crippen LogP contribution in [0.3, 0.4) is 0 Å². The molecule has 0 bridgehead atoms. The number of hydrogen-bond acceptors (Lipinski definition) is 4. The number of nitrogens with one attached hydrogen (secondary N) is 1. The lowest BCUT2D eigenvalue weighted by molar-refractivity contribution is -0.117. The fourth-order valence-corrected chi connectivity index (χ4v) is 2.41. The Labute approximate surface area is 112 Å². The van der Waals surface area contributed by atoms with Gasteiger partial charge in [0.05, 0.1) is 17.9 Å². The van der Waals surface area contributed by atoms with Crippen LogP contribution in [-0.4, -0.2) is 32.2 Å². The molecule has 0 saturated heterocycles. The van der Waals surface area contributed by atoms with E-state index in [4.69, 9.17) is 9.47 Å². The lowest BCUT2D eigenvalue weighted by Gasteiger charge is -2.33. The van der Waals surface area contributed by atoms with Crippen molar-refractivity contribution in [2.75, 3.05) is 36.5 Å². The van der Waals surface area contributed by atoms with E-state index >= 15 is 0 Å². The molecule has 0 unspecified atom stereocenters. The third-order valence-corrected chi connectivity index (χ3v) is 3.23. The lowest BCUT2D eigenvalue weighted by Crippen LogP contribution is -2.42. The Morgan fingerprint density at radius 2 is 1.95 bits per heavy atom. The maximum absolute atomic E-state index is 12.1. The molecule has 5 heteroatoms. The van der Waals surface area contributed by atoms with Crippen LogP contribution in [0.2, 0.25) is 0 Å². The minimum Gasteiger partial charge on any atom is -0.486 e. The van der Waals surface area contributed by atoms with Gasteiger partial charge in [-0.1, -0.05) is 13.8 Å². The molecular formula is C14H18N2O3. The second-order valence-corrected chi connectivity index (χ2v) is 5.26. The molecule has 0 radical (unpaired) electrons. The molecule has 19 heavy (non-hydrogen) atoms. The number of carbonyl (C=O) groups excluding carboxylic acids is 1. The van der Waals surface area contributed by atoms with Gasteiger partial charge >= 0.3 is 0 Å². The van der Waals surface area contributed by atoms with Gasteiger partial charge in [0.2, 0.25) is 5.91 Å². The van der Waals surface area contributed by atoms with Gasteiger partial charge in [-0.05, 0) is 5.92 Å². The van der Waals surface area contributed by atoms with Crippen LogP contribution in [-0.2, 0) is 4.79 Å². The Bertz CT molecular complexity index is 514. The average molecular weight is 262 g/mol. The zero-order valence-corrected chi connectivity index (χ0v) is 11.2. The quantitative estimate of drug-likeness (QED) is 0.884. The molecule has 0 atom stereocenters. The number of nitrogens with zero attached hydrogens (tertiary/aromatic N) is 1. The molecule has 1 amide bonds. The molecule has 0 spiro atoms. The predicted octanol–water partition coefficient (Wildman–Crippen LogP) is 1.87. The molecule has 0 aromatic heterocycles. The molecule has 2 aliphatic rings. The Morgan fingerprint density at radius 1 is 1.26 bits per heavy atom. The van der Waals surface area contributed by atoms with Crippen molar-refractivity contribution in [1.82, 2.24) is 0 Å². The van der Waals surface area contributed by atoms with Crippen molar-refractivity contribution in [2.24, 2.45) is 5.92 Å². The van der Waals surface area contributed by atoms with Gasteiger partial charge < -0.3 is 19.7 Å². The van der Waals surface area contributed by atoms with Gasteiger partial charge in [-0.15, -0.1) is 0 Å². The van der Waals surface area contributed by atoms with Crippen molar-refractivity contribution in [3.63, 3.8) is 0 Å². The summed E-state index contributed by atoms with van der Waals surface area (Å²) in [4.78, 5) is 13.9. The van der Waals surface area contributed by atoms with E-state index in [0.29, 0.717) is 32.2 Å². The normalized spacial score (nSPS) is 17.2. The Kier molecular flexibility index (Phi) is 2.97. The number of benzene rings is 1. The molecule has 1 N–H and O–H groups in total. The average Bonchev–Trinajstić information content (AvgIpc) is 2.40. The van der Waals surface area contributed by atoms with Crippen LogP contribution >= 0.6 is 0 Å². The fraction of sp³-hybridized carbons (Fsp3) is 0.500. The zero-order valence-electron chi connectivity index (χ0n) is 11.2. The van der Waals surface area contributed by atoms with Crippen molar-refractivity contribution in [2.45, 2.75) is 13.8 Å². The summed E-state index contributed by atoms with van der Waals surface area (Å²) >= 11 is 0. The van der Waals surface area contributed by atoms with E-state index in [1.165, 1.54) is 0 Å². The fourth-order valence-electron chi connectivity index (χ4n) is 2.41. The lowest BCUT2D eigenvalue weighted by atomic mass is 10.1. The zero-order chi connectivity index (χ0) is 13.4. The highest BCUT2D eigenvalue weighted by molar-refractivity contribution is 6.03. The van der Waals surface area contributed by atoms with Crippen LogP contribution in [0.1, 0.15) is 13.8 Å². The summed E-state index contributed by atoms with van der Waals surface area (Å²) in [6, 6.07) is 3.82. The SMILES string of the molecule is CC(C)CN1C(=O)CNc2cc3c(cc21)OCCO3. The standard InChI is InChI=1S/C14H18N2O3/c1-9(2)8-16-11-6-13-12(18-3-4-19-13)5-10(11)15-7-14(16)17/h5-6,9,15H,3-4,7-8H2,1-2H3. The summed E-state index contributed by atoms with van der Waals surface area (Å²) < 4.78 is 11.2. The van der Waals surface area contributed by atoms with E-state index in [1.54, 1.807) is 0 Å². The van der Waals surface area contributed by atoms with Gasteiger partial charge in [-0.25, -0.2) is 0 Å². The molecule has 3 rings (SSSR count). The van der Waals surface area contributed by atoms with Crippen molar-refractivity contribution in [3.05, 3.63) is 12.1 Å². The number of carbonyl (C=O) groups is 1. The van der Waals surface area contributed by atoms with E-state index in [2.05, 4.69) is 19.2 Å². The van der Waals surface area contributed by atoms with Crippen molar-refractivity contribution in [3.8, 4) is 11.5 Å². The molecular weight excluding hydrogens is 244 g/mol. The summed E-state index contributed by atoms with van der Waals surface area (Å²) in [6.45, 7) is 6.38. The Balaban J connectivity index is 2.01. The smallest absolute Gasteiger partial charge is 0.246 e. The highest BCUT2D eigenvalue weighted by atomic mass is 16.6. The van der Waals surface area contributed by atoms with Crippen molar-refractivity contribution in [1.29, 1.82) is 0 Å². The number of anilines is 2. The maximum Gasteiger partial charge on any atom is 0.246 e. The van der Waals surface area contributed by atoms with Crippen LogP contribution in [0.15, 0.2) is 12.1 Å². The summed E-state index contributed by atoms with van der Waals surface area (Å²) in [5, 5.41) is 3.14. The highest BCUT2D eigenvalue weighted by Gasteiger charge is 2.27. The molecule has 1 aromatic rings. The van der Waals surface area contributed by atoms with Gasteiger partial charge in [0, 0.05) is 18.7 Å². The third-order valence-electron chi connectivity index (χ3n) is 3.23. The van der Waals surface area contributed by atoms with E-state index < -0.39 is 0 Å². The largest absolute Gasteiger partial charge is 0.486 e. The van der Waals surface area contributed by atoms with Crippen molar-refractivity contribution < 1.29 is 14.3 Å². The molecule has 2 aliphatic heterocycles. The minimum absolute atomic E-state index is 0.0953. The van der Waals surface area contributed by atoms with Crippen LogP contribution in [0.5, 0.6) is 11.5 Å². The van der Waals surface area contributed by atoms with Gasteiger partial charge in [0.1, 0.15) is 13.2 Å². The molecule has 0 saturated carbocycles. The number of amides is 1. The van der Waals surface area contributed by atoms with E-state index in [9.17, 15) is 4.79 Å². The number of rotatable bonds is 2. The summed E-state index contributed by atoms with van der Waals surface area (Å²) in [7, 11) is 0. The summed E-state index contributed by atoms with van der Waals surface area (Å²) in [5.74, 6) is 1.98. The molecule has 0 aliphatic carbocycles. The summed E-state index contributed by atoms with van der Waals surface area (Å²) in [5.41, 5.74) is 1.82. The Hall–Kier alpha value is -1.91. The minimum atomic E-state index is 0.0953. The Morgan fingerprint density at radius 3 is 2.63 bits per heavy atom. The molecule has 2 heterocycles. The predicted molar refractivity (Wildman–Crippen MR) is 73.1 cm³/mol. The van der Waals surface area contributed by atoms with Crippen LogP contribution < -0.4 is 19.7 Å². The second-order valence-electron chi connectivity index (χ2n) is 5.26. The topological polar surface area (TPSA) is 50.8 Å². The van der Waals surface area contributed by atoms with E-state index in [1.807, 2.05) is 17.0 Å². The first-order chi connectivity index (χ1) is 9.15. The molecule has 5 nitrogen and oxygen atoms in total. The summed E-state index contributed by atoms with van der Waals surface area (Å²) in [6.07, 6.45) is 0. The number of hydrogen-bond donors (Lipinski definition) is 1. The molecule has 102 valence electrons. The van der Waals surface area contributed by atoms with Gasteiger partial charge in [-0.3, -0.25) is 4.79 Å². The van der Waals surface area contributed by atoms with Gasteiger partial charge in [-0.2, -0.15) is 0 Å². The second kappa shape index (κ2) is 4.64.